The van der Waals surface area contributed by atoms with Crippen LogP contribution >= 0.6 is 11.3 Å². The molecule has 0 atom stereocenters. The molecular weight excluding hydrogens is 222 g/mol. The quantitative estimate of drug-likeness (QED) is 0.629. The molecule has 0 bridgehead atoms. The molecule has 0 radical (unpaired) electrons. The van der Waals surface area contributed by atoms with Crippen molar-refractivity contribution in [2.24, 2.45) is 5.84 Å². The van der Waals surface area contributed by atoms with E-state index in [1.165, 1.54) is 0 Å². The third kappa shape index (κ3) is 1.81. The molecule has 0 fully saturated rings. The van der Waals surface area contributed by atoms with Gasteiger partial charge in [-0.25, -0.2) is 10.8 Å². The Labute approximate surface area is 98.3 Å². The largest absolute Gasteiger partial charge is 0.357 e. The first-order valence-electron chi connectivity index (χ1n) is 5.08. The Balaban J connectivity index is 2.60. The van der Waals surface area contributed by atoms with E-state index in [-0.39, 0.29) is 0 Å². The molecule has 0 amide bonds. The van der Waals surface area contributed by atoms with Crippen LogP contribution in [-0.4, -0.2) is 23.1 Å². The summed E-state index contributed by atoms with van der Waals surface area (Å²) < 4.78 is 0. The lowest BCUT2D eigenvalue weighted by Crippen LogP contribution is -2.27. The Hall–Kier alpha value is -1.40. The monoisotopic (exact) mass is 237 g/mol. The third-order valence-electron chi connectivity index (χ3n) is 2.54. The van der Waals surface area contributed by atoms with Crippen LogP contribution in [0.25, 0.3) is 10.2 Å². The Morgan fingerprint density at radius 2 is 2.19 bits per heavy atom. The van der Waals surface area contributed by atoms with Gasteiger partial charge in [0, 0.05) is 13.1 Å². The second kappa shape index (κ2) is 4.23. The molecule has 2 rings (SSSR count). The maximum atomic E-state index is 5.37. The Bertz CT molecular complexity index is 493. The van der Waals surface area contributed by atoms with Crippen molar-refractivity contribution in [1.29, 1.82) is 0 Å². The van der Waals surface area contributed by atoms with Gasteiger partial charge in [0.25, 0.3) is 0 Å². The first kappa shape index (κ1) is 11.1. The highest BCUT2D eigenvalue weighted by molar-refractivity contribution is 7.16. The fourth-order valence-corrected chi connectivity index (χ4v) is 2.18. The fourth-order valence-electron chi connectivity index (χ4n) is 1.42. The number of nitrogens with one attached hydrogen (secondary N) is 1. The van der Waals surface area contributed by atoms with Crippen molar-refractivity contribution >= 4 is 33.3 Å². The van der Waals surface area contributed by atoms with Gasteiger partial charge in [0.05, 0.1) is 5.39 Å². The molecule has 2 heterocycles. The summed E-state index contributed by atoms with van der Waals surface area (Å²) in [5.74, 6) is 6.73. The lowest BCUT2D eigenvalue weighted by Gasteiger charge is -2.23. The molecule has 2 aromatic heterocycles. The van der Waals surface area contributed by atoms with Gasteiger partial charge < -0.3 is 4.90 Å². The number of rotatable bonds is 3. The molecule has 0 aliphatic carbocycles. The molecule has 16 heavy (non-hydrogen) atoms. The minimum absolute atomic E-state index is 0.378. The number of hydrazine groups is 1. The summed E-state index contributed by atoms with van der Waals surface area (Å²) in [7, 11) is 2.02. The van der Waals surface area contributed by atoms with E-state index >= 15 is 0 Å². The van der Waals surface area contributed by atoms with Crippen molar-refractivity contribution in [2.45, 2.75) is 19.9 Å². The van der Waals surface area contributed by atoms with Crippen LogP contribution in [0.1, 0.15) is 13.8 Å². The van der Waals surface area contributed by atoms with Crippen LogP contribution in [0, 0.1) is 0 Å². The second-order valence-corrected chi connectivity index (χ2v) is 4.75. The minimum atomic E-state index is 0.378. The molecule has 86 valence electrons. The molecule has 0 saturated carbocycles. The van der Waals surface area contributed by atoms with Crippen molar-refractivity contribution in [2.75, 3.05) is 17.4 Å². The van der Waals surface area contributed by atoms with Crippen LogP contribution in [0.3, 0.4) is 0 Å². The van der Waals surface area contributed by atoms with E-state index < -0.39 is 0 Å². The van der Waals surface area contributed by atoms with Gasteiger partial charge in [-0.2, -0.15) is 4.98 Å². The lowest BCUT2D eigenvalue weighted by atomic mass is 10.3. The summed E-state index contributed by atoms with van der Waals surface area (Å²) >= 11 is 1.59. The van der Waals surface area contributed by atoms with E-state index in [0.29, 0.717) is 12.0 Å². The van der Waals surface area contributed by atoms with E-state index in [1.807, 2.05) is 18.5 Å². The number of fused-ring (bicyclic) bond motifs is 1. The third-order valence-corrected chi connectivity index (χ3v) is 3.35. The molecule has 6 heteroatoms. The summed E-state index contributed by atoms with van der Waals surface area (Å²) in [6, 6.07) is 2.41. The number of nitrogens with two attached hydrogens (primary N) is 1. The number of anilines is 2. The zero-order valence-electron chi connectivity index (χ0n) is 9.56. The second-order valence-electron chi connectivity index (χ2n) is 3.86. The predicted molar refractivity (Wildman–Crippen MR) is 68.8 cm³/mol. The first-order valence-corrected chi connectivity index (χ1v) is 5.96. The molecule has 0 aliphatic rings. The number of nitrogen functional groups attached to an aromatic ring is 1. The molecule has 3 N–H and O–H groups in total. The van der Waals surface area contributed by atoms with Crippen molar-refractivity contribution in [3.63, 3.8) is 0 Å². The Morgan fingerprint density at radius 1 is 1.44 bits per heavy atom. The molecular formula is C10H15N5S. The smallest absolute Gasteiger partial charge is 0.240 e. The van der Waals surface area contributed by atoms with Crippen LogP contribution in [-0.2, 0) is 0 Å². The van der Waals surface area contributed by atoms with E-state index in [0.717, 1.165) is 16.0 Å². The van der Waals surface area contributed by atoms with Gasteiger partial charge in [0.15, 0.2) is 0 Å². The van der Waals surface area contributed by atoms with Gasteiger partial charge in [-0.1, -0.05) is 0 Å². The fraction of sp³-hybridized carbons (Fsp3) is 0.400. The number of aromatic nitrogens is 2. The molecule has 5 nitrogen and oxygen atoms in total. The average molecular weight is 237 g/mol. The number of hydrogen-bond donors (Lipinski definition) is 2. The van der Waals surface area contributed by atoms with Crippen LogP contribution in [0.5, 0.6) is 0 Å². The van der Waals surface area contributed by atoms with Gasteiger partial charge in [-0.3, -0.25) is 5.43 Å². The Morgan fingerprint density at radius 3 is 2.81 bits per heavy atom. The van der Waals surface area contributed by atoms with E-state index in [9.17, 15) is 0 Å². The zero-order chi connectivity index (χ0) is 11.7. The maximum Gasteiger partial charge on any atom is 0.240 e. The summed E-state index contributed by atoms with van der Waals surface area (Å²) in [6.07, 6.45) is 0. The molecule has 0 saturated heterocycles. The number of hydrogen-bond acceptors (Lipinski definition) is 6. The normalized spacial score (nSPS) is 11.1. The topological polar surface area (TPSA) is 67.1 Å². The van der Waals surface area contributed by atoms with E-state index in [1.54, 1.807) is 11.3 Å². The summed E-state index contributed by atoms with van der Waals surface area (Å²) in [5.41, 5.74) is 2.50. The standard InChI is InChI=1S/C10H15N5S/c1-6(2)15(3)8-7-4-5-16-9(7)13-10(12-8)14-11/h4-6H,11H2,1-3H3,(H,12,13,14). The Kier molecular flexibility index (Phi) is 2.93. The van der Waals surface area contributed by atoms with E-state index in [4.69, 9.17) is 5.84 Å². The van der Waals surface area contributed by atoms with Crippen molar-refractivity contribution in [1.82, 2.24) is 9.97 Å². The van der Waals surface area contributed by atoms with Gasteiger partial charge >= 0.3 is 0 Å². The van der Waals surface area contributed by atoms with Gasteiger partial charge in [0.2, 0.25) is 5.95 Å². The first-order chi connectivity index (χ1) is 7.63. The van der Waals surface area contributed by atoms with Crippen LogP contribution in [0.2, 0.25) is 0 Å². The van der Waals surface area contributed by atoms with Gasteiger partial charge in [-0.15, -0.1) is 11.3 Å². The van der Waals surface area contributed by atoms with Gasteiger partial charge in [0.1, 0.15) is 10.6 Å². The van der Waals surface area contributed by atoms with Crippen molar-refractivity contribution in [3.8, 4) is 0 Å². The van der Waals surface area contributed by atoms with Crippen LogP contribution in [0.4, 0.5) is 11.8 Å². The molecule has 2 aromatic rings. The lowest BCUT2D eigenvalue weighted by molar-refractivity contribution is 0.746. The molecule has 0 aromatic carbocycles. The summed E-state index contributed by atoms with van der Waals surface area (Å²) in [5, 5.41) is 3.08. The highest BCUT2D eigenvalue weighted by Crippen LogP contribution is 2.29. The minimum Gasteiger partial charge on any atom is -0.357 e. The number of nitrogens with zero attached hydrogens (tertiary/aromatic N) is 3. The highest BCUT2D eigenvalue weighted by atomic mass is 32.1. The molecule has 0 aliphatic heterocycles. The highest BCUT2D eigenvalue weighted by Gasteiger charge is 2.14. The average Bonchev–Trinajstić information content (AvgIpc) is 2.74. The zero-order valence-corrected chi connectivity index (χ0v) is 10.4. The van der Waals surface area contributed by atoms with Crippen molar-refractivity contribution in [3.05, 3.63) is 11.4 Å². The summed E-state index contributed by atoms with van der Waals surface area (Å²) in [6.45, 7) is 4.24. The van der Waals surface area contributed by atoms with Crippen LogP contribution < -0.4 is 16.2 Å². The van der Waals surface area contributed by atoms with Crippen molar-refractivity contribution < 1.29 is 0 Å². The van der Waals surface area contributed by atoms with E-state index in [2.05, 4.69) is 34.1 Å². The molecule has 0 unspecified atom stereocenters. The molecule has 0 spiro atoms. The summed E-state index contributed by atoms with van der Waals surface area (Å²) in [4.78, 5) is 11.8. The van der Waals surface area contributed by atoms with Gasteiger partial charge in [-0.05, 0) is 25.3 Å². The predicted octanol–water partition coefficient (Wildman–Crippen LogP) is 1.82. The SMILES string of the molecule is CC(C)N(C)c1nc(NN)nc2sccc12. The number of thiophene rings is 1. The van der Waals surface area contributed by atoms with Crippen LogP contribution in [0.15, 0.2) is 11.4 Å². The maximum absolute atomic E-state index is 5.37.